The molecule has 1 aromatic heterocycles. The fourth-order valence-corrected chi connectivity index (χ4v) is 1.35. The smallest absolute Gasteiger partial charge is 0.355 e. The van der Waals surface area contributed by atoms with Crippen LogP contribution in [0.3, 0.4) is 0 Å². The molecule has 2 nitrogen and oxygen atoms in total. The Labute approximate surface area is 79.7 Å². The number of rotatable bonds is 0. The van der Waals surface area contributed by atoms with E-state index in [1.54, 1.807) is 6.07 Å². The molecule has 1 aromatic carbocycles. The van der Waals surface area contributed by atoms with Gasteiger partial charge in [-0.15, -0.1) is 0 Å². The van der Waals surface area contributed by atoms with Crippen molar-refractivity contribution in [2.24, 2.45) is 0 Å². The van der Waals surface area contributed by atoms with Crippen LogP contribution in [-0.2, 0) is 0 Å². The number of fused-ring (bicyclic) bond motifs is 1. The Morgan fingerprint density at radius 2 is 2.08 bits per heavy atom. The minimum absolute atomic E-state index is 0.122. The highest BCUT2D eigenvalue weighted by Crippen LogP contribution is 2.16. The molecule has 0 saturated heterocycles. The summed E-state index contributed by atoms with van der Waals surface area (Å²) < 4.78 is 4.99. The van der Waals surface area contributed by atoms with E-state index >= 15 is 0 Å². The molecule has 0 amide bonds. The zero-order valence-electron chi connectivity index (χ0n) is 7.00. The lowest BCUT2D eigenvalue weighted by Crippen LogP contribution is -1.97. The summed E-state index contributed by atoms with van der Waals surface area (Å²) in [6.07, 6.45) is 0. The van der Waals surface area contributed by atoms with Crippen molar-refractivity contribution in [3.8, 4) is 0 Å². The van der Waals surface area contributed by atoms with E-state index in [4.69, 9.17) is 16.0 Å². The molecule has 0 unspecified atom stereocenters. The third-order valence-electron chi connectivity index (χ3n) is 1.85. The van der Waals surface area contributed by atoms with Gasteiger partial charge in [0.25, 0.3) is 0 Å². The molecule has 0 atom stereocenters. The summed E-state index contributed by atoms with van der Waals surface area (Å²) in [6, 6.07) is 7.24. The van der Waals surface area contributed by atoms with E-state index in [2.05, 4.69) is 0 Å². The molecule has 0 saturated carbocycles. The third-order valence-corrected chi connectivity index (χ3v) is 2.11. The minimum Gasteiger partial charge on any atom is -0.422 e. The zero-order chi connectivity index (χ0) is 9.42. The lowest BCUT2D eigenvalue weighted by atomic mass is 10.2. The van der Waals surface area contributed by atoms with Crippen molar-refractivity contribution in [1.82, 2.24) is 0 Å². The van der Waals surface area contributed by atoms with Crippen LogP contribution >= 0.6 is 11.6 Å². The fourth-order valence-electron chi connectivity index (χ4n) is 1.19. The molecule has 0 aliphatic carbocycles. The first-order chi connectivity index (χ1) is 6.16. The van der Waals surface area contributed by atoms with E-state index < -0.39 is 5.63 Å². The van der Waals surface area contributed by atoms with Crippen molar-refractivity contribution in [2.45, 2.75) is 6.92 Å². The second-order valence-corrected chi connectivity index (χ2v) is 3.33. The van der Waals surface area contributed by atoms with Gasteiger partial charge in [-0.05, 0) is 24.6 Å². The summed E-state index contributed by atoms with van der Waals surface area (Å²) in [6.45, 7) is 1.94. The summed E-state index contributed by atoms with van der Waals surface area (Å²) in [4.78, 5) is 11.0. The van der Waals surface area contributed by atoms with Crippen LogP contribution in [0.2, 0.25) is 5.02 Å². The van der Waals surface area contributed by atoms with Gasteiger partial charge in [0.1, 0.15) is 10.6 Å². The average molecular weight is 195 g/mol. The molecule has 1 heterocycles. The van der Waals surface area contributed by atoms with Crippen molar-refractivity contribution < 1.29 is 4.42 Å². The summed E-state index contributed by atoms with van der Waals surface area (Å²) in [5, 5.41) is 0.964. The van der Waals surface area contributed by atoms with Gasteiger partial charge >= 0.3 is 5.63 Å². The van der Waals surface area contributed by atoms with Gasteiger partial charge in [-0.25, -0.2) is 4.79 Å². The van der Waals surface area contributed by atoms with Crippen LogP contribution in [0.15, 0.2) is 33.5 Å². The predicted octanol–water partition coefficient (Wildman–Crippen LogP) is 2.75. The average Bonchev–Trinajstić information content (AvgIpc) is 2.08. The highest BCUT2D eigenvalue weighted by molar-refractivity contribution is 6.30. The largest absolute Gasteiger partial charge is 0.422 e. The molecule has 0 N–H and O–H groups in total. The molecule has 66 valence electrons. The van der Waals surface area contributed by atoms with Crippen molar-refractivity contribution >= 4 is 22.6 Å². The highest BCUT2D eigenvalue weighted by Gasteiger charge is 2.01. The minimum atomic E-state index is -0.486. The van der Waals surface area contributed by atoms with Crippen LogP contribution in [-0.4, -0.2) is 0 Å². The van der Waals surface area contributed by atoms with Gasteiger partial charge in [0.05, 0.1) is 0 Å². The highest BCUT2D eigenvalue weighted by atomic mass is 35.5. The van der Waals surface area contributed by atoms with Gasteiger partial charge in [0.15, 0.2) is 0 Å². The van der Waals surface area contributed by atoms with Gasteiger partial charge in [-0.3, -0.25) is 0 Å². The van der Waals surface area contributed by atoms with Crippen LogP contribution in [0.5, 0.6) is 0 Å². The Hall–Kier alpha value is -1.28. The Balaban J connectivity index is 2.89. The molecule has 13 heavy (non-hydrogen) atoms. The first-order valence-electron chi connectivity index (χ1n) is 3.87. The molecule has 0 aliphatic heterocycles. The number of benzene rings is 1. The van der Waals surface area contributed by atoms with Gasteiger partial charge in [0.2, 0.25) is 0 Å². The van der Waals surface area contributed by atoms with Gasteiger partial charge in [-0.1, -0.05) is 23.7 Å². The molecule has 0 spiro atoms. The maximum atomic E-state index is 11.0. The quantitative estimate of drug-likeness (QED) is 0.604. The van der Waals surface area contributed by atoms with Crippen LogP contribution < -0.4 is 5.63 Å². The molecule has 2 rings (SSSR count). The normalized spacial score (nSPS) is 10.6. The molecular weight excluding hydrogens is 188 g/mol. The number of aryl methyl sites for hydroxylation is 1. The number of hydrogen-bond acceptors (Lipinski definition) is 2. The molecule has 2 aromatic rings. The molecule has 0 radical (unpaired) electrons. The summed E-state index contributed by atoms with van der Waals surface area (Å²) >= 11 is 5.62. The third kappa shape index (κ3) is 1.45. The summed E-state index contributed by atoms with van der Waals surface area (Å²) in [7, 11) is 0. The molecule has 3 heteroatoms. The van der Waals surface area contributed by atoms with Crippen molar-refractivity contribution in [1.29, 1.82) is 0 Å². The Morgan fingerprint density at radius 3 is 2.85 bits per heavy atom. The van der Waals surface area contributed by atoms with Gasteiger partial charge < -0.3 is 4.42 Å². The second kappa shape index (κ2) is 2.89. The molecule has 0 aliphatic rings. The van der Waals surface area contributed by atoms with E-state index in [0.29, 0.717) is 5.58 Å². The Morgan fingerprint density at radius 1 is 1.31 bits per heavy atom. The van der Waals surface area contributed by atoms with E-state index in [1.165, 1.54) is 0 Å². The maximum Gasteiger partial charge on any atom is 0.355 e. The van der Waals surface area contributed by atoms with Crippen molar-refractivity contribution in [3.63, 3.8) is 0 Å². The van der Waals surface area contributed by atoms with Crippen LogP contribution in [0.1, 0.15) is 5.56 Å². The SMILES string of the molecule is Cc1ccc2cc(Cl)c(=O)oc2c1. The fraction of sp³-hybridized carbons (Fsp3) is 0.100. The second-order valence-electron chi connectivity index (χ2n) is 2.92. The van der Waals surface area contributed by atoms with Crippen LogP contribution in [0.4, 0.5) is 0 Å². The summed E-state index contributed by atoms with van der Waals surface area (Å²) in [5.41, 5.74) is 1.15. The first kappa shape index (κ1) is 8.32. The van der Waals surface area contributed by atoms with Gasteiger partial charge in [0, 0.05) is 5.39 Å². The molecule has 0 bridgehead atoms. The van der Waals surface area contributed by atoms with E-state index in [0.717, 1.165) is 10.9 Å². The predicted molar refractivity (Wildman–Crippen MR) is 52.2 cm³/mol. The van der Waals surface area contributed by atoms with Gasteiger partial charge in [-0.2, -0.15) is 0 Å². The lowest BCUT2D eigenvalue weighted by molar-refractivity contribution is 0.561. The van der Waals surface area contributed by atoms with Crippen LogP contribution in [0.25, 0.3) is 11.0 Å². The van der Waals surface area contributed by atoms with Crippen molar-refractivity contribution in [3.05, 3.63) is 45.3 Å². The molecular formula is C10H7ClO2. The van der Waals surface area contributed by atoms with E-state index in [1.807, 2.05) is 25.1 Å². The number of halogens is 1. The van der Waals surface area contributed by atoms with E-state index in [9.17, 15) is 4.79 Å². The topological polar surface area (TPSA) is 30.2 Å². The monoisotopic (exact) mass is 194 g/mol. The van der Waals surface area contributed by atoms with Crippen LogP contribution in [0, 0.1) is 6.92 Å². The lowest BCUT2D eigenvalue weighted by Gasteiger charge is -1.97. The Bertz CT molecular complexity index is 514. The Kier molecular flexibility index (Phi) is 1.85. The summed E-state index contributed by atoms with van der Waals surface area (Å²) in [5.74, 6) is 0. The van der Waals surface area contributed by atoms with Crippen molar-refractivity contribution in [2.75, 3.05) is 0 Å². The number of hydrogen-bond donors (Lipinski definition) is 0. The van der Waals surface area contributed by atoms with E-state index in [-0.39, 0.29) is 5.02 Å². The molecule has 0 fully saturated rings. The first-order valence-corrected chi connectivity index (χ1v) is 4.24. The maximum absolute atomic E-state index is 11.0. The zero-order valence-corrected chi connectivity index (χ0v) is 7.76. The standard InChI is InChI=1S/C10H7ClO2/c1-6-2-3-7-5-8(11)10(12)13-9(7)4-6/h2-5H,1H3.